The summed E-state index contributed by atoms with van der Waals surface area (Å²) in [6.45, 7) is 9.31. The summed E-state index contributed by atoms with van der Waals surface area (Å²) >= 11 is 0. The molecule has 0 saturated carbocycles. The van der Waals surface area contributed by atoms with Gasteiger partial charge in [-0.1, -0.05) is 13.8 Å². The first-order valence-electron chi connectivity index (χ1n) is 6.74. The molecule has 2 amide bonds. The summed E-state index contributed by atoms with van der Waals surface area (Å²) in [5.74, 6) is -0.0160. The van der Waals surface area contributed by atoms with Crippen LogP contribution < -0.4 is 5.32 Å². The van der Waals surface area contributed by atoms with E-state index in [4.69, 9.17) is 0 Å². The molecule has 0 atom stereocenters. The van der Waals surface area contributed by atoms with Gasteiger partial charge in [-0.3, -0.25) is 19.4 Å². The summed E-state index contributed by atoms with van der Waals surface area (Å²) in [6, 6.07) is 0. The van der Waals surface area contributed by atoms with Crippen LogP contribution in [-0.2, 0) is 9.59 Å². The maximum absolute atomic E-state index is 12.0. The van der Waals surface area contributed by atoms with Gasteiger partial charge in [0, 0.05) is 52.1 Å². The van der Waals surface area contributed by atoms with Crippen LogP contribution in [0.25, 0.3) is 0 Å². The van der Waals surface area contributed by atoms with Crippen LogP contribution in [0.15, 0.2) is 0 Å². The van der Waals surface area contributed by atoms with Gasteiger partial charge in [0.15, 0.2) is 0 Å². The lowest BCUT2D eigenvalue weighted by atomic mass is 9.82. The average molecular weight is 253 g/mol. The second kappa shape index (κ2) is 5.36. The van der Waals surface area contributed by atoms with Crippen LogP contribution in [0.5, 0.6) is 0 Å². The van der Waals surface area contributed by atoms with Gasteiger partial charge in [0.1, 0.15) is 0 Å². The molecule has 5 heteroatoms. The molecule has 0 unspecified atom stereocenters. The molecular formula is C13H23N3O2. The highest BCUT2D eigenvalue weighted by atomic mass is 16.2. The van der Waals surface area contributed by atoms with Crippen LogP contribution in [0, 0.1) is 5.41 Å². The average Bonchev–Trinajstić information content (AvgIpc) is 2.27. The third-order valence-corrected chi connectivity index (χ3v) is 3.71. The highest BCUT2D eigenvalue weighted by Gasteiger charge is 2.37. The van der Waals surface area contributed by atoms with Gasteiger partial charge >= 0.3 is 0 Å². The zero-order valence-corrected chi connectivity index (χ0v) is 11.4. The lowest BCUT2D eigenvalue weighted by Crippen LogP contribution is -2.51. The second-order valence-electron chi connectivity index (χ2n) is 6.05. The second-order valence-corrected chi connectivity index (χ2v) is 6.05. The summed E-state index contributed by atoms with van der Waals surface area (Å²) in [4.78, 5) is 27.7. The fraction of sp³-hybridized carbons (Fsp3) is 0.846. The number of amides is 2. The standard InChI is InChI=1S/C13H23N3O2/c1-13(2)9-11(17)16(12(18)10-13)8-7-15-5-3-14-4-6-15/h14H,3-10H2,1-2H3. The van der Waals surface area contributed by atoms with Crippen LogP contribution in [-0.4, -0.2) is 60.9 Å². The largest absolute Gasteiger partial charge is 0.314 e. The maximum Gasteiger partial charge on any atom is 0.229 e. The van der Waals surface area contributed by atoms with Gasteiger partial charge in [-0.2, -0.15) is 0 Å². The zero-order valence-electron chi connectivity index (χ0n) is 11.4. The Kier molecular flexibility index (Phi) is 4.02. The topological polar surface area (TPSA) is 52.7 Å². The third-order valence-electron chi connectivity index (χ3n) is 3.71. The van der Waals surface area contributed by atoms with Crippen molar-refractivity contribution in [3.05, 3.63) is 0 Å². The Morgan fingerprint density at radius 1 is 1.06 bits per heavy atom. The molecule has 2 heterocycles. The van der Waals surface area contributed by atoms with Gasteiger partial charge in [0.05, 0.1) is 0 Å². The number of piperazine rings is 1. The van der Waals surface area contributed by atoms with E-state index in [1.807, 2.05) is 13.8 Å². The normalized spacial score (nSPS) is 25.6. The number of hydrogen-bond donors (Lipinski definition) is 1. The predicted molar refractivity (Wildman–Crippen MR) is 69.0 cm³/mol. The first-order valence-corrected chi connectivity index (χ1v) is 6.74. The molecule has 0 aromatic carbocycles. The Morgan fingerprint density at radius 3 is 2.17 bits per heavy atom. The quantitative estimate of drug-likeness (QED) is 0.723. The number of hydrogen-bond acceptors (Lipinski definition) is 4. The van der Waals surface area contributed by atoms with Crippen molar-refractivity contribution < 1.29 is 9.59 Å². The maximum atomic E-state index is 12.0. The number of carbonyl (C=O) groups excluding carboxylic acids is 2. The van der Waals surface area contributed by atoms with E-state index in [-0.39, 0.29) is 17.2 Å². The first-order chi connectivity index (χ1) is 8.48. The zero-order chi connectivity index (χ0) is 13.2. The Labute approximate surface area is 108 Å². The molecule has 0 aromatic heterocycles. The number of imide groups is 1. The van der Waals surface area contributed by atoms with Crippen LogP contribution in [0.1, 0.15) is 26.7 Å². The van der Waals surface area contributed by atoms with Crippen molar-refractivity contribution in [3.63, 3.8) is 0 Å². The molecule has 0 aliphatic carbocycles. The van der Waals surface area contributed by atoms with Crippen molar-refractivity contribution in [2.75, 3.05) is 39.3 Å². The molecule has 2 aliphatic rings. The van der Waals surface area contributed by atoms with Crippen LogP contribution in [0.4, 0.5) is 0 Å². The van der Waals surface area contributed by atoms with Crippen LogP contribution in [0.3, 0.4) is 0 Å². The summed E-state index contributed by atoms with van der Waals surface area (Å²) in [6.07, 6.45) is 0.973. The lowest BCUT2D eigenvalue weighted by Gasteiger charge is -2.36. The van der Waals surface area contributed by atoms with Crippen molar-refractivity contribution in [2.45, 2.75) is 26.7 Å². The van der Waals surface area contributed by atoms with Crippen molar-refractivity contribution in [2.24, 2.45) is 5.41 Å². The molecule has 1 N–H and O–H groups in total. The molecule has 18 heavy (non-hydrogen) atoms. The van der Waals surface area contributed by atoms with Gasteiger partial charge in [0.25, 0.3) is 0 Å². The molecular weight excluding hydrogens is 230 g/mol. The summed E-state index contributed by atoms with van der Waals surface area (Å²) in [7, 11) is 0. The number of carbonyl (C=O) groups is 2. The summed E-state index contributed by atoms with van der Waals surface area (Å²) < 4.78 is 0. The minimum absolute atomic E-state index is 0.00798. The molecule has 0 spiro atoms. The molecule has 2 fully saturated rings. The molecule has 5 nitrogen and oxygen atoms in total. The monoisotopic (exact) mass is 253 g/mol. The highest BCUT2D eigenvalue weighted by Crippen LogP contribution is 2.31. The number of piperidine rings is 1. The van der Waals surface area contributed by atoms with Gasteiger partial charge in [-0.05, 0) is 5.41 Å². The molecule has 2 rings (SSSR count). The van der Waals surface area contributed by atoms with E-state index in [1.165, 1.54) is 4.90 Å². The highest BCUT2D eigenvalue weighted by molar-refractivity contribution is 5.98. The van der Waals surface area contributed by atoms with Gasteiger partial charge in [-0.25, -0.2) is 0 Å². The molecule has 0 radical (unpaired) electrons. The summed E-state index contributed by atoms with van der Waals surface area (Å²) in [5, 5.41) is 3.29. The molecule has 0 bridgehead atoms. The van der Waals surface area contributed by atoms with Gasteiger partial charge < -0.3 is 5.32 Å². The summed E-state index contributed by atoms with van der Waals surface area (Å²) in [5.41, 5.74) is -0.167. The Balaban J connectivity index is 1.85. The van der Waals surface area contributed by atoms with Gasteiger partial charge in [-0.15, -0.1) is 0 Å². The predicted octanol–water partition coefficient (Wildman–Crippen LogP) is 0.0668. The van der Waals surface area contributed by atoms with E-state index in [9.17, 15) is 9.59 Å². The lowest BCUT2D eigenvalue weighted by molar-refractivity contribution is -0.152. The Hall–Kier alpha value is -0.940. The van der Waals surface area contributed by atoms with Crippen molar-refractivity contribution in [1.82, 2.24) is 15.1 Å². The van der Waals surface area contributed by atoms with E-state index < -0.39 is 0 Å². The van der Waals surface area contributed by atoms with E-state index >= 15 is 0 Å². The molecule has 2 saturated heterocycles. The number of nitrogens with zero attached hydrogens (tertiary/aromatic N) is 2. The van der Waals surface area contributed by atoms with E-state index in [0.717, 1.165) is 32.7 Å². The first kappa shape index (κ1) is 13.5. The van der Waals surface area contributed by atoms with E-state index in [1.54, 1.807) is 0 Å². The van der Waals surface area contributed by atoms with E-state index in [0.29, 0.717) is 19.4 Å². The smallest absolute Gasteiger partial charge is 0.229 e. The molecule has 0 aromatic rings. The number of rotatable bonds is 3. The van der Waals surface area contributed by atoms with Crippen LogP contribution in [0.2, 0.25) is 0 Å². The van der Waals surface area contributed by atoms with Gasteiger partial charge in [0.2, 0.25) is 11.8 Å². The van der Waals surface area contributed by atoms with Crippen molar-refractivity contribution in [3.8, 4) is 0 Å². The molecule has 2 aliphatic heterocycles. The molecule has 102 valence electrons. The minimum atomic E-state index is -0.167. The number of nitrogens with one attached hydrogen (secondary N) is 1. The fourth-order valence-electron chi connectivity index (χ4n) is 2.64. The Bertz CT molecular complexity index is 315. The van der Waals surface area contributed by atoms with Crippen molar-refractivity contribution >= 4 is 11.8 Å². The van der Waals surface area contributed by atoms with Crippen molar-refractivity contribution in [1.29, 1.82) is 0 Å². The SMILES string of the molecule is CC1(C)CC(=O)N(CCN2CCNCC2)C(=O)C1. The minimum Gasteiger partial charge on any atom is -0.314 e. The van der Waals surface area contributed by atoms with E-state index in [2.05, 4.69) is 10.2 Å². The fourth-order valence-corrected chi connectivity index (χ4v) is 2.64. The third kappa shape index (κ3) is 3.29. The van der Waals surface area contributed by atoms with Crippen LogP contribution >= 0.6 is 0 Å². The Morgan fingerprint density at radius 2 is 1.61 bits per heavy atom. The number of likely N-dealkylation sites (tertiary alicyclic amines) is 1.